The van der Waals surface area contributed by atoms with Gasteiger partial charge in [0.15, 0.2) is 17.2 Å². The number of esters is 1. The molecule has 0 radical (unpaired) electrons. The minimum Gasteiger partial charge on any atom is -0.485 e. The zero-order chi connectivity index (χ0) is 19.0. The lowest BCUT2D eigenvalue weighted by molar-refractivity contribution is 0.0593. The fourth-order valence-corrected chi connectivity index (χ4v) is 2.97. The average Bonchev–Trinajstić information content (AvgIpc) is 2.91. The summed E-state index contributed by atoms with van der Waals surface area (Å²) in [5.41, 5.74) is 7.78. The number of anilines is 1. The Kier molecular flexibility index (Phi) is 3.94. The van der Waals surface area contributed by atoms with Crippen LogP contribution >= 0.6 is 0 Å². The Morgan fingerprint density at radius 2 is 2.00 bits per heavy atom. The maximum Gasteiger partial charge on any atom is 0.357 e. The van der Waals surface area contributed by atoms with Gasteiger partial charge in [0.2, 0.25) is 0 Å². The number of nitrogens with zero attached hydrogens (tertiary/aromatic N) is 2. The summed E-state index contributed by atoms with van der Waals surface area (Å²) in [4.78, 5) is 12.2. The molecule has 0 spiro atoms. The molecule has 0 atom stereocenters. The van der Waals surface area contributed by atoms with E-state index in [1.807, 2.05) is 36.4 Å². The van der Waals surface area contributed by atoms with Gasteiger partial charge in [-0.2, -0.15) is 5.26 Å². The molecule has 0 aliphatic carbocycles. The monoisotopic (exact) mass is 361 g/mol. The first-order valence-corrected chi connectivity index (χ1v) is 8.14. The second-order valence-electron chi connectivity index (χ2n) is 5.91. The van der Waals surface area contributed by atoms with Gasteiger partial charge < -0.3 is 24.5 Å². The number of nitrogens with two attached hydrogens (primary N) is 1. The first-order valence-electron chi connectivity index (χ1n) is 8.14. The maximum atomic E-state index is 12.2. The summed E-state index contributed by atoms with van der Waals surface area (Å²) < 4.78 is 18.1. The van der Waals surface area contributed by atoms with E-state index in [0.29, 0.717) is 29.5 Å². The number of benzene rings is 2. The number of carbonyl (C=O) groups excluding carboxylic acids is 1. The lowest BCUT2D eigenvalue weighted by Gasteiger charge is -2.12. The summed E-state index contributed by atoms with van der Waals surface area (Å²) in [5, 5.41) is 9.25. The molecule has 2 aromatic carbocycles. The fraction of sp³-hybridized carbons (Fsp3) is 0.100. The van der Waals surface area contributed by atoms with Gasteiger partial charge in [-0.05, 0) is 30.3 Å². The Bertz CT molecular complexity index is 1100. The highest BCUT2D eigenvalue weighted by atomic mass is 16.5. The Morgan fingerprint density at radius 1 is 1.22 bits per heavy atom. The number of nitriles is 1. The molecule has 27 heavy (non-hydrogen) atoms. The van der Waals surface area contributed by atoms with Gasteiger partial charge in [-0.25, -0.2) is 4.79 Å². The summed E-state index contributed by atoms with van der Waals surface area (Å²) in [5.74, 6) is 1.33. The second kappa shape index (κ2) is 6.42. The van der Waals surface area contributed by atoms with E-state index in [0.717, 1.165) is 5.56 Å². The normalized spacial score (nSPS) is 11.9. The van der Waals surface area contributed by atoms with Crippen molar-refractivity contribution >= 4 is 11.7 Å². The van der Waals surface area contributed by atoms with Gasteiger partial charge in [-0.15, -0.1) is 0 Å². The number of carbonyl (C=O) groups is 1. The van der Waals surface area contributed by atoms with Gasteiger partial charge in [-0.1, -0.05) is 12.1 Å². The number of ether oxygens (including phenoxy) is 3. The second-order valence-corrected chi connectivity index (χ2v) is 5.91. The zero-order valence-corrected chi connectivity index (χ0v) is 14.4. The highest BCUT2D eigenvalue weighted by Crippen LogP contribution is 2.38. The van der Waals surface area contributed by atoms with Crippen molar-refractivity contribution < 1.29 is 19.0 Å². The SMILES string of the molecule is COC(=O)c1c(N)c(C#N)cn1-c1ccc2c(c1)COc1ccccc1O2. The third kappa shape index (κ3) is 2.73. The van der Waals surface area contributed by atoms with Crippen molar-refractivity contribution in [2.24, 2.45) is 0 Å². The molecular weight excluding hydrogens is 346 g/mol. The number of hydrogen-bond donors (Lipinski definition) is 1. The molecule has 7 heteroatoms. The Balaban J connectivity index is 1.80. The number of nitrogen functional groups attached to an aromatic ring is 1. The van der Waals surface area contributed by atoms with Crippen molar-refractivity contribution in [1.82, 2.24) is 4.57 Å². The topological polar surface area (TPSA) is 99.5 Å². The lowest BCUT2D eigenvalue weighted by atomic mass is 10.2. The predicted molar refractivity (Wildman–Crippen MR) is 97.1 cm³/mol. The van der Waals surface area contributed by atoms with Crippen molar-refractivity contribution in [2.75, 3.05) is 12.8 Å². The van der Waals surface area contributed by atoms with Crippen LogP contribution in [-0.2, 0) is 11.3 Å². The number of hydrogen-bond acceptors (Lipinski definition) is 6. The highest BCUT2D eigenvalue weighted by molar-refractivity contribution is 5.96. The van der Waals surface area contributed by atoms with Crippen LogP contribution < -0.4 is 15.2 Å². The van der Waals surface area contributed by atoms with Crippen molar-refractivity contribution in [3.05, 3.63) is 65.5 Å². The van der Waals surface area contributed by atoms with E-state index in [2.05, 4.69) is 0 Å². The minimum atomic E-state index is -0.621. The van der Waals surface area contributed by atoms with Crippen molar-refractivity contribution in [3.63, 3.8) is 0 Å². The fourth-order valence-electron chi connectivity index (χ4n) is 2.97. The van der Waals surface area contributed by atoms with Crippen LogP contribution in [0.25, 0.3) is 5.69 Å². The first-order chi connectivity index (χ1) is 13.1. The van der Waals surface area contributed by atoms with Gasteiger partial charge >= 0.3 is 5.97 Å². The van der Waals surface area contributed by atoms with Crippen LogP contribution in [0.4, 0.5) is 5.69 Å². The van der Waals surface area contributed by atoms with Crippen LogP contribution in [0.5, 0.6) is 17.2 Å². The number of aromatic nitrogens is 1. The largest absolute Gasteiger partial charge is 0.485 e. The Hall–Kier alpha value is -3.92. The van der Waals surface area contributed by atoms with E-state index in [1.54, 1.807) is 12.1 Å². The van der Waals surface area contributed by atoms with Gasteiger partial charge in [0, 0.05) is 17.4 Å². The molecule has 0 unspecified atom stereocenters. The van der Waals surface area contributed by atoms with Crippen molar-refractivity contribution in [3.8, 4) is 29.0 Å². The van der Waals surface area contributed by atoms with E-state index >= 15 is 0 Å². The number of fused-ring (bicyclic) bond motifs is 2. The van der Waals surface area contributed by atoms with Crippen LogP contribution in [0.3, 0.4) is 0 Å². The predicted octanol–water partition coefficient (Wildman–Crippen LogP) is 3.40. The molecule has 1 aromatic heterocycles. The van der Waals surface area contributed by atoms with E-state index in [1.165, 1.54) is 17.9 Å². The van der Waals surface area contributed by atoms with Crippen LogP contribution in [-0.4, -0.2) is 17.6 Å². The molecule has 0 amide bonds. The van der Waals surface area contributed by atoms with E-state index in [9.17, 15) is 10.1 Å². The molecule has 1 aliphatic rings. The van der Waals surface area contributed by atoms with Gasteiger partial charge in [0.25, 0.3) is 0 Å². The molecule has 4 rings (SSSR count). The van der Waals surface area contributed by atoms with Crippen LogP contribution in [0.15, 0.2) is 48.7 Å². The zero-order valence-electron chi connectivity index (χ0n) is 14.4. The van der Waals surface area contributed by atoms with Crippen molar-refractivity contribution in [2.45, 2.75) is 6.61 Å². The summed E-state index contributed by atoms with van der Waals surface area (Å²) in [7, 11) is 1.26. The summed E-state index contributed by atoms with van der Waals surface area (Å²) >= 11 is 0. The van der Waals surface area contributed by atoms with E-state index < -0.39 is 5.97 Å². The Labute approximate surface area is 155 Å². The van der Waals surface area contributed by atoms with Crippen LogP contribution in [0.1, 0.15) is 21.6 Å². The molecule has 0 saturated heterocycles. The van der Waals surface area contributed by atoms with Crippen LogP contribution in [0.2, 0.25) is 0 Å². The third-order valence-corrected chi connectivity index (χ3v) is 4.32. The highest BCUT2D eigenvalue weighted by Gasteiger charge is 2.23. The molecule has 0 saturated carbocycles. The minimum absolute atomic E-state index is 0.0826. The molecule has 0 fully saturated rings. The van der Waals surface area contributed by atoms with E-state index in [-0.39, 0.29) is 16.9 Å². The summed E-state index contributed by atoms with van der Waals surface area (Å²) in [6.07, 6.45) is 1.51. The summed E-state index contributed by atoms with van der Waals surface area (Å²) in [6.45, 7) is 0.301. The van der Waals surface area contributed by atoms with Gasteiger partial charge in [-0.3, -0.25) is 0 Å². The molecule has 134 valence electrons. The Morgan fingerprint density at radius 3 is 2.74 bits per heavy atom. The average molecular weight is 361 g/mol. The van der Waals surface area contributed by atoms with E-state index in [4.69, 9.17) is 19.9 Å². The number of rotatable bonds is 2. The molecule has 2 heterocycles. The smallest absolute Gasteiger partial charge is 0.357 e. The van der Waals surface area contributed by atoms with Gasteiger partial charge in [0.05, 0.1) is 18.4 Å². The molecule has 2 N–H and O–H groups in total. The quantitative estimate of drug-likeness (QED) is 0.702. The maximum absolute atomic E-state index is 12.2. The summed E-state index contributed by atoms with van der Waals surface area (Å²) in [6, 6.07) is 14.8. The molecule has 1 aliphatic heterocycles. The number of methoxy groups -OCH3 is 1. The molecular formula is C20H15N3O4. The van der Waals surface area contributed by atoms with Crippen molar-refractivity contribution in [1.29, 1.82) is 5.26 Å². The number of para-hydroxylation sites is 2. The third-order valence-electron chi connectivity index (χ3n) is 4.32. The molecule has 3 aromatic rings. The molecule has 7 nitrogen and oxygen atoms in total. The standard InChI is InChI=1S/C20H15N3O4/c1-25-20(24)19-18(22)13(9-21)10-23(19)14-6-7-15-12(8-14)11-26-16-4-2-3-5-17(16)27-15/h2-8,10H,11,22H2,1H3. The van der Waals surface area contributed by atoms with Gasteiger partial charge in [0.1, 0.15) is 18.4 Å². The van der Waals surface area contributed by atoms with Crippen LogP contribution in [0, 0.1) is 11.3 Å². The molecule has 0 bridgehead atoms. The first kappa shape index (κ1) is 16.5. The lowest BCUT2D eigenvalue weighted by Crippen LogP contribution is -2.11.